The molecule has 0 spiro atoms. The van der Waals surface area contributed by atoms with Crippen molar-refractivity contribution in [2.24, 2.45) is 0 Å². The van der Waals surface area contributed by atoms with Gasteiger partial charge in [-0.15, -0.1) is 0 Å². The van der Waals surface area contributed by atoms with E-state index in [1.807, 2.05) is 0 Å². The van der Waals surface area contributed by atoms with Gasteiger partial charge in [-0.2, -0.15) is 0 Å². The van der Waals surface area contributed by atoms with Crippen LogP contribution in [0.15, 0.2) is 23.0 Å². The minimum Gasteiger partial charge on any atom is -0.359 e. The molecule has 5 nitrogen and oxygen atoms in total. The number of fused-ring (bicyclic) bond motifs is 1. The van der Waals surface area contributed by atoms with Gasteiger partial charge >= 0.3 is 0 Å². The maximum Gasteiger partial charge on any atom is 0.298 e. The predicted molar refractivity (Wildman–Crippen MR) is 46.4 cm³/mol. The summed E-state index contributed by atoms with van der Waals surface area (Å²) in [7, 11) is 0. The molecule has 2 rings (SSSR count). The number of H-pyrrole nitrogens is 1. The topological polar surface area (TPSA) is 63.0 Å². The van der Waals surface area contributed by atoms with E-state index in [-0.39, 0.29) is 11.4 Å². The molecule has 0 aliphatic rings. The van der Waals surface area contributed by atoms with Gasteiger partial charge in [-0.25, -0.2) is 0 Å². The molecule has 0 saturated heterocycles. The van der Waals surface area contributed by atoms with Crippen molar-refractivity contribution in [3.8, 4) is 0 Å². The van der Waals surface area contributed by atoms with E-state index in [4.69, 9.17) is 6.57 Å². The summed E-state index contributed by atoms with van der Waals surface area (Å²) in [6.45, 7) is 6.70. The molecule has 13 heavy (non-hydrogen) atoms. The molecule has 0 bridgehead atoms. The van der Waals surface area contributed by atoms with E-state index in [0.717, 1.165) is 0 Å². The number of nitrogens with one attached hydrogen (secondary N) is 1. The summed E-state index contributed by atoms with van der Waals surface area (Å²) < 4.78 is 0. The van der Waals surface area contributed by atoms with Crippen molar-refractivity contribution in [3.05, 3.63) is 40.0 Å². The van der Waals surface area contributed by atoms with Crippen LogP contribution in [0.3, 0.4) is 0 Å². The van der Waals surface area contributed by atoms with Gasteiger partial charge < -0.3 is 9.83 Å². The third kappa shape index (κ3) is 1.25. The minimum absolute atomic E-state index is 0.175. The van der Waals surface area contributed by atoms with Crippen molar-refractivity contribution >= 4 is 16.9 Å². The maximum absolute atomic E-state index is 10.9. The van der Waals surface area contributed by atoms with E-state index >= 15 is 0 Å². The van der Waals surface area contributed by atoms with Gasteiger partial charge in [0.15, 0.2) is 0 Å². The smallest absolute Gasteiger partial charge is 0.298 e. The molecule has 0 atom stereocenters. The van der Waals surface area contributed by atoms with E-state index in [1.54, 1.807) is 6.07 Å². The van der Waals surface area contributed by atoms with Gasteiger partial charge in [0.2, 0.25) is 5.56 Å². The number of pyridine rings is 1. The molecule has 1 N–H and O–H groups in total. The van der Waals surface area contributed by atoms with Crippen LogP contribution in [0.1, 0.15) is 0 Å². The van der Waals surface area contributed by atoms with Gasteiger partial charge in [0.25, 0.3) is 5.82 Å². The van der Waals surface area contributed by atoms with E-state index in [9.17, 15) is 4.79 Å². The number of rotatable bonds is 0. The largest absolute Gasteiger partial charge is 0.359 e. The monoisotopic (exact) mass is 172 g/mol. The lowest BCUT2D eigenvalue weighted by atomic mass is 10.3. The lowest BCUT2D eigenvalue weighted by molar-refractivity contribution is 1.08. The van der Waals surface area contributed by atoms with Crippen LogP contribution in [0.2, 0.25) is 0 Å². The molecule has 0 aromatic carbocycles. The molecular formula is C8H4N4O. The van der Waals surface area contributed by atoms with Crippen LogP contribution >= 0.6 is 0 Å². The number of nitrogens with zero attached hydrogens (tertiary/aromatic N) is 3. The van der Waals surface area contributed by atoms with Gasteiger partial charge in [-0.1, -0.05) is 11.7 Å². The summed E-state index contributed by atoms with van der Waals surface area (Å²) >= 11 is 0. The Morgan fingerprint density at radius 2 is 2.23 bits per heavy atom. The summed E-state index contributed by atoms with van der Waals surface area (Å²) in [5.41, 5.74) is 0.900. The predicted octanol–water partition coefficient (Wildman–Crippen LogP) is 0.869. The third-order valence-corrected chi connectivity index (χ3v) is 1.57. The number of hydrogen-bond acceptors (Lipinski definition) is 3. The molecule has 5 heteroatoms. The van der Waals surface area contributed by atoms with Gasteiger partial charge in [0.1, 0.15) is 5.52 Å². The van der Waals surface area contributed by atoms with Gasteiger partial charge in [0, 0.05) is 6.07 Å². The molecule has 0 aliphatic heterocycles. The van der Waals surface area contributed by atoms with Gasteiger partial charge in [-0.3, -0.25) is 4.79 Å². The van der Waals surface area contributed by atoms with Gasteiger partial charge in [-0.05, 0) is 17.2 Å². The molecule has 0 aliphatic carbocycles. The average molecular weight is 172 g/mol. The highest BCUT2D eigenvalue weighted by Crippen LogP contribution is 2.11. The lowest BCUT2D eigenvalue weighted by Crippen LogP contribution is -2.03. The highest BCUT2D eigenvalue weighted by molar-refractivity contribution is 5.75. The highest BCUT2D eigenvalue weighted by Gasteiger charge is 2.00. The van der Waals surface area contributed by atoms with E-state index < -0.39 is 0 Å². The first-order valence-electron chi connectivity index (χ1n) is 3.54. The van der Waals surface area contributed by atoms with E-state index in [1.165, 1.54) is 12.1 Å². The number of hydrogen-bond donors (Lipinski definition) is 1. The van der Waals surface area contributed by atoms with Crippen LogP contribution in [-0.4, -0.2) is 15.2 Å². The van der Waals surface area contributed by atoms with Crippen molar-refractivity contribution in [1.29, 1.82) is 0 Å². The van der Waals surface area contributed by atoms with Crippen molar-refractivity contribution in [2.45, 2.75) is 0 Å². The average Bonchev–Trinajstić information content (AvgIpc) is 2.16. The van der Waals surface area contributed by atoms with Crippen LogP contribution in [0.5, 0.6) is 0 Å². The molecule has 2 heterocycles. The summed E-state index contributed by atoms with van der Waals surface area (Å²) in [5.74, 6) is 0.175. The Labute approximate surface area is 72.9 Å². The van der Waals surface area contributed by atoms with E-state index in [2.05, 4.69) is 20.0 Å². The molecular weight excluding hydrogens is 168 g/mol. The van der Waals surface area contributed by atoms with Crippen LogP contribution in [-0.2, 0) is 0 Å². The van der Waals surface area contributed by atoms with Crippen LogP contribution < -0.4 is 5.56 Å². The van der Waals surface area contributed by atoms with E-state index in [0.29, 0.717) is 11.0 Å². The summed E-state index contributed by atoms with van der Waals surface area (Å²) in [5, 5.41) is 7.39. The second-order valence-electron chi connectivity index (χ2n) is 2.44. The second kappa shape index (κ2) is 2.68. The Morgan fingerprint density at radius 1 is 1.38 bits per heavy atom. The zero-order chi connectivity index (χ0) is 9.26. The maximum atomic E-state index is 10.9. The number of aromatic nitrogens is 3. The molecule has 0 radical (unpaired) electrons. The zero-order valence-corrected chi connectivity index (χ0v) is 6.48. The van der Waals surface area contributed by atoms with Crippen LogP contribution in [0.25, 0.3) is 15.9 Å². The van der Waals surface area contributed by atoms with Crippen molar-refractivity contribution < 1.29 is 0 Å². The first kappa shape index (κ1) is 7.43. The third-order valence-electron chi connectivity index (χ3n) is 1.57. The Morgan fingerprint density at radius 3 is 3.00 bits per heavy atom. The normalized spacial score (nSPS) is 9.77. The van der Waals surface area contributed by atoms with Crippen LogP contribution in [0, 0.1) is 6.57 Å². The summed E-state index contributed by atoms with van der Waals surface area (Å²) in [4.78, 5) is 16.6. The molecule has 0 saturated carbocycles. The zero-order valence-electron chi connectivity index (χ0n) is 6.48. The first-order chi connectivity index (χ1) is 6.29. The Bertz CT molecular complexity index is 552. The van der Waals surface area contributed by atoms with Crippen molar-refractivity contribution in [1.82, 2.24) is 15.2 Å². The fourth-order valence-corrected chi connectivity index (χ4v) is 0.998. The quantitative estimate of drug-likeness (QED) is 0.599. The number of aromatic amines is 1. The summed E-state index contributed by atoms with van der Waals surface area (Å²) in [6, 6.07) is 4.43. The van der Waals surface area contributed by atoms with Crippen molar-refractivity contribution in [3.63, 3.8) is 0 Å². The summed E-state index contributed by atoms with van der Waals surface area (Å²) in [6.07, 6.45) is 0. The molecule has 2 aromatic heterocycles. The first-order valence-corrected chi connectivity index (χ1v) is 3.54. The standard InChI is InChI=1S/C8H4N4O/c1-9-7-4-6-5(11-12-7)2-3-8(13)10-6/h2-4H,(H,10,13). The van der Waals surface area contributed by atoms with Crippen LogP contribution in [0.4, 0.5) is 5.82 Å². The second-order valence-corrected chi connectivity index (χ2v) is 2.44. The molecule has 0 amide bonds. The molecule has 0 unspecified atom stereocenters. The Balaban J connectivity index is 2.84. The fraction of sp³-hybridized carbons (Fsp3) is 0. The fourth-order valence-electron chi connectivity index (χ4n) is 0.998. The minimum atomic E-state index is -0.212. The molecule has 0 fully saturated rings. The van der Waals surface area contributed by atoms with Crippen molar-refractivity contribution in [2.75, 3.05) is 0 Å². The lowest BCUT2D eigenvalue weighted by Gasteiger charge is -1.92. The molecule has 2 aromatic rings. The Hall–Kier alpha value is -2.22. The highest BCUT2D eigenvalue weighted by atomic mass is 16.1. The van der Waals surface area contributed by atoms with Gasteiger partial charge in [0.05, 0.1) is 5.52 Å². The SMILES string of the molecule is [C-]#[N+]c1cc2[nH]c(=O)ccc2nn1. The Kier molecular flexibility index (Phi) is 1.53. The molecule has 62 valence electrons.